The van der Waals surface area contributed by atoms with Gasteiger partial charge in [-0.15, -0.1) is 5.10 Å². The Kier molecular flexibility index (Phi) is 3.45. The van der Waals surface area contributed by atoms with Gasteiger partial charge in [-0.1, -0.05) is 11.3 Å². The number of rotatable bonds is 3. The van der Waals surface area contributed by atoms with E-state index in [-0.39, 0.29) is 11.4 Å². The van der Waals surface area contributed by atoms with E-state index in [2.05, 4.69) is 10.3 Å². The molecule has 0 fully saturated rings. The summed E-state index contributed by atoms with van der Waals surface area (Å²) in [6.07, 6.45) is -3.04. The second kappa shape index (κ2) is 5.30. The predicted octanol–water partition coefficient (Wildman–Crippen LogP) is 3.04. The zero-order chi connectivity index (χ0) is 15.7. The normalized spacial score (nSPS) is 11.8. The number of nitrogens with zero attached hydrogens (tertiary/aromatic N) is 3. The number of furan rings is 1. The van der Waals surface area contributed by atoms with Crippen molar-refractivity contribution >= 4 is 0 Å². The second-order valence-corrected chi connectivity index (χ2v) is 4.48. The number of halogens is 3. The van der Waals surface area contributed by atoms with Crippen LogP contribution in [0.4, 0.5) is 13.2 Å². The summed E-state index contributed by atoms with van der Waals surface area (Å²) in [6, 6.07) is 7.92. The van der Waals surface area contributed by atoms with Crippen LogP contribution in [0.3, 0.4) is 0 Å². The molecule has 0 spiro atoms. The van der Waals surface area contributed by atoms with Crippen LogP contribution in [-0.2, 0) is 12.8 Å². The Hall–Kier alpha value is -2.61. The summed E-state index contributed by atoms with van der Waals surface area (Å²) in [6.45, 7) is -0.408. The first kappa shape index (κ1) is 14.3. The molecule has 0 saturated carbocycles. The van der Waals surface area contributed by atoms with Gasteiger partial charge < -0.3 is 9.52 Å². The molecule has 1 aromatic carbocycles. The fourth-order valence-corrected chi connectivity index (χ4v) is 2.07. The number of aliphatic hydroxyl groups excluding tert-OH is 1. The van der Waals surface area contributed by atoms with Gasteiger partial charge in [-0.3, -0.25) is 0 Å². The Bertz CT molecular complexity index is 779. The summed E-state index contributed by atoms with van der Waals surface area (Å²) in [5, 5.41) is 16.9. The van der Waals surface area contributed by atoms with Crippen LogP contribution < -0.4 is 0 Å². The summed E-state index contributed by atoms with van der Waals surface area (Å²) in [5.74, 6) is 0.353. The van der Waals surface area contributed by atoms with E-state index >= 15 is 0 Å². The predicted molar refractivity (Wildman–Crippen MR) is 70.0 cm³/mol. The largest absolute Gasteiger partial charge is 0.463 e. The smallest absolute Gasteiger partial charge is 0.416 e. The average molecular weight is 309 g/mol. The molecule has 0 aliphatic rings. The second-order valence-electron chi connectivity index (χ2n) is 4.48. The highest BCUT2D eigenvalue weighted by atomic mass is 19.4. The fraction of sp³-hybridized carbons (Fsp3) is 0.143. The van der Waals surface area contributed by atoms with E-state index in [0.29, 0.717) is 11.5 Å². The highest BCUT2D eigenvalue weighted by molar-refractivity contribution is 5.58. The lowest BCUT2D eigenvalue weighted by atomic mass is 10.2. The summed E-state index contributed by atoms with van der Waals surface area (Å²) < 4.78 is 44.9. The van der Waals surface area contributed by atoms with Crippen molar-refractivity contribution in [3.63, 3.8) is 0 Å². The summed E-state index contributed by atoms with van der Waals surface area (Å²) in [5.41, 5.74) is -0.0935. The SMILES string of the molecule is OCc1nnn(-c2cccc(C(F)(F)F)c2)c1-c1ccco1. The molecule has 22 heavy (non-hydrogen) atoms. The Morgan fingerprint density at radius 3 is 2.64 bits per heavy atom. The molecule has 0 bridgehead atoms. The van der Waals surface area contributed by atoms with Crippen LogP contribution in [0, 0.1) is 0 Å². The highest BCUT2D eigenvalue weighted by Gasteiger charge is 2.31. The third-order valence-corrected chi connectivity index (χ3v) is 3.06. The minimum absolute atomic E-state index is 0.174. The van der Waals surface area contributed by atoms with Crippen LogP contribution >= 0.6 is 0 Å². The molecule has 0 aliphatic heterocycles. The number of hydrogen-bond acceptors (Lipinski definition) is 4. The molecule has 0 atom stereocenters. The van der Waals surface area contributed by atoms with Crippen molar-refractivity contribution in [3.05, 3.63) is 53.9 Å². The lowest BCUT2D eigenvalue weighted by Gasteiger charge is -2.10. The Morgan fingerprint density at radius 2 is 2.00 bits per heavy atom. The van der Waals surface area contributed by atoms with Crippen LogP contribution in [0.5, 0.6) is 0 Å². The molecule has 5 nitrogen and oxygen atoms in total. The van der Waals surface area contributed by atoms with Crippen LogP contribution in [0.15, 0.2) is 47.1 Å². The summed E-state index contributed by atoms with van der Waals surface area (Å²) in [4.78, 5) is 0. The van der Waals surface area contributed by atoms with Crippen molar-refractivity contribution in [3.8, 4) is 17.1 Å². The van der Waals surface area contributed by atoms with Gasteiger partial charge in [0, 0.05) is 0 Å². The van der Waals surface area contributed by atoms with Gasteiger partial charge in [0.2, 0.25) is 0 Å². The maximum absolute atomic E-state index is 12.8. The van der Waals surface area contributed by atoms with Gasteiger partial charge in [-0.05, 0) is 30.3 Å². The molecule has 3 aromatic rings. The zero-order valence-electron chi connectivity index (χ0n) is 11.1. The first-order chi connectivity index (χ1) is 10.5. The standard InChI is InChI=1S/C14H10F3N3O2/c15-14(16,17)9-3-1-4-10(7-9)20-13(11(8-21)18-19-20)12-5-2-6-22-12/h1-7,21H,8H2. The van der Waals surface area contributed by atoms with Gasteiger partial charge in [0.25, 0.3) is 0 Å². The average Bonchev–Trinajstić information content (AvgIpc) is 3.15. The first-order valence-electron chi connectivity index (χ1n) is 6.27. The van der Waals surface area contributed by atoms with Gasteiger partial charge in [-0.2, -0.15) is 13.2 Å². The van der Waals surface area contributed by atoms with Gasteiger partial charge in [0.15, 0.2) is 5.76 Å². The third-order valence-electron chi connectivity index (χ3n) is 3.06. The van der Waals surface area contributed by atoms with Crippen molar-refractivity contribution in [1.82, 2.24) is 15.0 Å². The molecule has 0 saturated heterocycles. The minimum Gasteiger partial charge on any atom is -0.463 e. The van der Waals surface area contributed by atoms with E-state index in [9.17, 15) is 18.3 Å². The number of hydrogen-bond donors (Lipinski definition) is 1. The van der Waals surface area contributed by atoms with E-state index in [0.717, 1.165) is 12.1 Å². The maximum atomic E-state index is 12.8. The lowest BCUT2D eigenvalue weighted by molar-refractivity contribution is -0.137. The Balaban J connectivity index is 2.16. The van der Waals surface area contributed by atoms with Crippen LogP contribution in [0.2, 0.25) is 0 Å². The third kappa shape index (κ3) is 2.48. The molecule has 2 heterocycles. The number of aromatic nitrogens is 3. The molecule has 8 heteroatoms. The van der Waals surface area contributed by atoms with Crippen molar-refractivity contribution in [2.75, 3.05) is 0 Å². The van der Waals surface area contributed by atoms with Gasteiger partial charge in [-0.25, -0.2) is 4.68 Å². The van der Waals surface area contributed by atoms with Crippen molar-refractivity contribution in [1.29, 1.82) is 0 Å². The van der Waals surface area contributed by atoms with Crippen LogP contribution in [0.25, 0.3) is 17.1 Å². The van der Waals surface area contributed by atoms with Crippen LogP contribution in [-0.4, -0.2) is 20.1 Å². The molecular formula is C14H10F3N3O2. The summed E-state index contributed by atoms with van der Waals surface area (Å²) in [7, 11) is 0. The Labute approximate surface area is 122 Å². The first-order valence-corrected chi connectivity index (χ1v) is 6.27. The zero-order valence-corrected chi connectivity index (χ0v) is 11.1. The monoisotopic (exact) mass is 309 g/mol. The molecule has 1 N–H and O–H groups in total. The highest BCUT2D eigenvalue weighted by Crippen LogP contribution is 2.32. The van der Waals surface area contributed by atoms with Crippen molar-refractivity contribution in [2.24, 2.45) is 0 Å². The molecule has 0 radical (unpaired) electrons. The minimum atomic E-state index is -4.46. The van der Waals surface area contributed by atoms with E-state index in [4.69, 9.17) is 4.42 Å². The van der Waals surface area contributed by atoms with Crippen molar-refractivity contribution in [2.45, 2.75) is 12.8 Å². The Morgan fingerprint density at radius 1 is 1.18 bits per heavy atom. The van der Waals surface area contributed by atoms with Gasteiger partial charge in [0.1, 0.15) is 11.4 Å². The topological polar surface area (TPSA) is 64.1 Å². The van der Waals surface area contributed by atoms with Gasteiger partial charge >= 0.3 is 6.18 Å². The molecule has 0 unspecified atom stereocenters. The molecular weight excluding hydrogens is 299 g/mol. The number of alkyl halides is 3. The molecule has 0 aliphatic carbocycles. The van der Waals surface area contributed by atoms with E-state index < -0.39 is 18.3 Å². The van der Waals surface area contributed by atoms with Crippen LogP contribution in [0.1, 0.15) is 11.3 Å². The maximum Gasteiger partial charge on any atom is 0.416 e. The van der Waals surface area contributed by atoms with E-state index in [1.807, 2.05) is 0 Å². The van der Waals surface area contributed by atoms with Crippen molar-refractivity contribution < 1.29 is 22.7 Å². The fourth-order valence-electron chi connectivity index (χ4n) is 2.07. The molecule has 2 aromatic heterocycles. The molecule has 3 rings (SSSR count). The molecule has 0 amide bonds. The van der Waals surface area contributed by atoms with E-state index in [1.54, 1.807) is 12.1 Å². The van der Waals surface area contributed by atoms with Gasteiger partial charge in [0.05, 0.1) is 24.1 Å². The van der Waals surface area contributed by atoms with E-state index in [1.165, 1.54) is 23.1 Å². The summed E-state index contributed by atoms with van der Waals surface area (Å²) >= 11 is 0. The number of aliphatic hydroxyl groups is 1. The number of benzene rings is 1. The quantitative estimate of drug-likeness (QED) is 0.807. The molecule has 114 valence electrons. The lowest BCUT2D eigenvalue weighted by Crippen LogP contribution is -2.07.